The van der Waals surface area contributed by atoms with Gasteiger partial charge >= 0.3 is 5.51 Å². The van der Waals surface area contributed by atoms with Crippen molar-refractivity contribution in [2.45, 2.75) is 45.5 Å². The zero-order chi connectivity index (χ0) is 12.7. The van der Waals surface area contributed by atoms with Crippen LogP contribution in [0.1, 0.15) is 40.0 Å². The standard InChI is InChI=1S/C11H22F3NS/c1-4-7-15-8-5-10(2,3)6-9-16-11(12,13)14/h15H,4-9H2,1-3H3. The molecule has 0 aliphatic carbocycles. The molecule has 0 aromatic heterocycles. The normalized spacial score (nSPS) is 13.1. The summed E-state index contributed by atoms with van der Waals surface area (Å²) in [6, 6.07) is 0. The minimum Gasteiger partial charge on any atom is -0.317 e. The van der Waals surface area contributed by atoms with E-state index in [4.69, 9.17) is 0 Å². The van der Waals surface area contributed by atoms with Gasteiger partial charge in [0.15, 0.2) is 0 Å². The van der Waals surface area contributed by atoms with Gasteiger partial charge in [-0.05, 0) is 37.8 Å². The van der Waals surface area contributed by atoms with Crippen molar-refractivity contribution in [1.29, 1.82) is 0 Å². The molecule has 1 N–H and O–H groups in total. The number of hydrogen-bond acceptors (Lipinski definition) is 2. The number of rotatable bonds is 8. The van der Waals surface area contributed by atoms with E-state index < -0.39 is 5.51 Å². The van der Waals surface area contributed by atoms with E-state index in [0.29, 0.717) is 6.42 Å². The molecule has 16 heavy (non-hydrogen) atoms. The number of alkyl halides is 3. The Morgan fingerprint density at radius 2 is 1.69 bits per heavy atom. The third-order valence-corrected chi connectivity index (χ3v) is 3.19. The first-order valence-corrected chi connectivity index (χ1v) is 6.67. The zero-order valence-electron chi connectivity index (χ0n) is 10.3. The highest BCUT2D eigenvalue weighted by molar-refractivity contribution is 8.00. The molecule has 0 aliphatic rings. The monoisotopic (exact) mass is 257 g/mol. The van der Waals surface area contributed by atoms with Crippen molar-refractivity contribution in [3.05, 3.63) is 0 Å². The van der Waals surface area contributed by atoms with Gasteiger partial charge in [-0.25, -0.2) is 0 Å². The first-order chi connectivity index (χ1) is 7.27. The average Bonchev–Trinajstić information content (AvgIpc) is 2.10. The maximum atomic E-state index is 11.9. The number of halogens is 3. The summed E-state index contributed by atoms with van der Waals surface area (Å²) in [6.45, 7) is 8.01. The second-order valence-electron chi connectivity index (χ2n) is 4.71. The fraction of sp³-hybridized carbons (Fsp3) is 1.00. The van der Waals surface area contributed by atoms with Crippen LogP contribution in [0, 0.1) is 5.41 Å². The molecule has 0 aliphatic heterocycles. The van der Waals surface area contributed by atoms with Crippen molar-refractivity contribution < 1.29 is 13.2 Å². The Bertz CT molecular complexity index is 181. The predicted molar refractivity (Wildman–Crippen MR) is 64.7 cm³/mol. The van der Waals surface area contributed by atoms with E-state index in [9.17, 15) is 13.2 Å². The molecule has 0 aromatic carbocycles. The molecular formula is C11H22F3NS. The summed E-state index contributed by atoms with van der Waals surface area (Å²) < 4.78 is 35.8. The van der Waals surface area contributed by atoms with Gasteiger partial charge in [0.25, 0.3) is 0 Å². The van der Waals surface area contributed by atoms with Crippen molar-refractivity contribution in [2.24, 2.45) is 5.41 Å². The second-order valence-corrected chi connectivity index (χ2v) is 5.87. The van der Waals surface area contributed by atoms with E-state index in [0.717, 1.165) is 25.9 Å². The van der Waals surface area contributed by atoms with E-state index in [1.165, 1.54) is 0 Å². The largest absolute Gasteiger partial charge is 0.441 e. The highest BCUT2D eigenvalue weighted by Crippen LogP contribution is 2.34. The molecule has 0 rings (SSSR count). The highest BCUT2D eigenvalue weighted by Gasteiger charge is 2.29. The third kappa shape index (κ3) is 10.6. The predicted octanol–water partition coefficient (Wildman–Crippen LogP) is 4.05. The van der Waals surface area contributed by atoms with Gasteiger partial charge in [-0.15, -0.1) is 0 Å². The number of hydrogen-bond donors (Lipinski definition) is 1. The van der Waals surface area contributed by atoms with E-state index in [1.807, 2.05) is 13.8 Å². The van der Waals surface area contributed by atoms with Crippen molar-refractivity contribution in [2.75, 3.05) is 18.8 Å². The smallest absolute Gasteiger partial charge is 0.317 e. The van der Waals surface area contributed by atoms with Crippen LogP contribution in [0.15, 0.2) is 0 Å². The molecule has 0 spiro atoms. The topological polar surface area (TPSA) is 12.0 Å². The molecule has 0 bridgehead atoms. The first-order valence-electron chi connectivity index (χ1n) is 5.68. The fourth-order valence-corrected chi connectivity index (χ4v) is 2.18. The Labute approximate surface area is 101 Å². The van der Waals surface area contributed by atoms with Crippen LogP contribution in [-0.2, 0) is 0 Å². The summed E-state index contributed by atoms with van der Waals surface area (Å²) in [4.78, 5) is 0. The molecule has 0 saturated carbocycles. The molecule has 1 nitrogen and oxygen atoms in total. The van der Waals surface area contributed by atoms with Crippen LogP contribution >= 0.6 is 11.8 Å². The molecule has 0 heterocycles. The Kier molecular flexibility index (Phi) is 7.48. The lowest BCUT2D eigenvalue weighted by molar-refractivity contribution is -0.0328. The summed E-state index contributed by atoms with van der Waals surface area (Å²) >= 11 is 0.0838. The van der Waals surface area contributed by atoms with Gasteiger partial charge < -0.3 is 5.32 Å². The second kappa shape index (κ2) is 7.43. The third-order valence-electron chi connectivity index (χ3n) is 2.45. The Balaban J connectivity index is 3.62. The van der Waals surface area contributed by atoms with Crippen LogP contribution in [0.3, 0.4) is 0 Å². The van der Waals surface area contributed by atoms with Gasteiger partial charge in [0, 0.05) is 5.75 Å². The molecule has 5 heteroatoms. The molecule has 0 unspecified atom stereocenters. The van der Waals surface area contributed by atoms with E-state index in [-0.39, 0.29) is 22.9 Å². The maximum Gasteiger partial charge on any atom is 0.441 e. The minimum absolute atomic E-state index is 0.0149. The van der Waals surface area contributed by atoms with Crippen molar-refractivity contribution in [3.8, 4) is 0 Å². The van der Waals surface area contributed by atoms with Gasteiger partial charge in [0.2, 0.25) is 0 Å². The molecule has 0 atom stereocenters. The lowest BCUT2D eigenvalue weighted by Gasteiger charge is -2.24. The summed E-state index contributed by atoms with van der Waals surface area (Å²) in [5.74, 6) is 0.157. The highest BCUT2D eigenvalue weighted by atomic mass is 32.2. The van der Waals surface area contributed by atoms with Crippen molar-refractivity contribution in [1.82, 2.24) is 5.32 Å². The van der Waals surface area contributed by atoms with Crippen molar-refractivity contribution >= 4 is 11.8 Å². The fourth-order valence-electron chi connectivity index (χ4n) is 1.30. The van der Waals surface area contributed by atoms with Gasteiger partial charge in [-0.1, -0.05) is 32.5 Å². The molecule has 0 aromatic rings. The van der Waals surface area contributed by atoms with Crippen LogP contribution in [0.4, 0.5) is 13.2 Å². The quantitative estimate of drug-likeness (QED) is 0.658. The van der Waals surface area contributed by atoms with Gasteiger partial charge in [0.05, 0.1) is 0 Å². The summed E-state index contributed by atoms with van der Waals surface area (Å²) in [6.07, 6.45) is 2.61. The lowest BCUT2D eigenvalue weighted by Crippen LogP contribution is -2.23. The summed E-state index contributed by atoms with van der Waals surface area (Å²) in [7, 11) is 0. The van der Waals surface area contributed by atoms with E-state index in [2.05, 4.69) is 12.2 Å². The molecular weight excluding hydrogens is 235 g/mol. The van der Waals surface area contributed by atoms with Crippen LogP contribution in [-0.4, -0.2) is 24.4 Å². The van der Waals surface area contributed by atoms with E-state index in [1.54, 1.807) is 0 Å². The molecule has 98 valence electrons. The lowest BCUT2D eigenvalue weighted by atomic mass is 9.86. The summed E-state index contributed by atoms with van der Waals surface area (Å²) in [5, 5.41) is 3.27. The number of thioether (sulfide) groups is 1. The zero-order valence-corrected chi connectivity index (χ0v) is 11.1. The first kappa shape index (κ1) is 16.1. The number of nitrogens with one attached hydrogen (secondary N) is 1. The Morgan fingerprint density at radius 3 is 2.19 bits per heavy atom. The van der Waals surface area contributed by atoms with Crippen LogP contribution in [0.2, 0.25) is 0 Å². The van der Waals surface area contributed by atoms with Gasteiger partial charge in [-0.3, -0.25) is 0 Å². The Hall–Kier alpha value is 0.100. The van der Waals surface area contributed by atoms with Crippen molar-refractivity contribution in [3.63, 3.8) is 0 Å². The van der Waals surface area contributed by atoms with Gasteiger partial charge in [0.1, 0.15) is 0 Å². The SMILES string of the molecule is CCCNCCC(C)(C)CCSC(F)(F)F. The van der Waals surface area contributed by atoms with Crippen LogP contribution in [0.5, 0.6) is 0 Å². The van der Waals surface area contributed by atoms with E-state index >= 15 is 0 Å². The maximum absolute atomic E-state index is 11.9. The van der Waals surface area contributed by atoms with Crippen LogP contribution in [0.25, 0.3) is 0 Å². The van der Waals surface area contributed by atoms with Gasteiger partial charge in [-0.2, -0.15) is 13.2 Å². The summed E-state index contributed by atoms with van der Waals surface area (Å²) in [5.41, 5.74) is -4.10. The Morgan fingerprint density at radius 1 is 1.06 bits per heavy atom. The molecule has 0 amide bonds. The average molecular weight is 257 g/mol. The molecule has 0 saturated heterocycles. The van der Waals surface area contributed by atoms with Crippen LogP contribution < -0.4 is 5.32 Å². The molecule has 0 fully saturated rings. The molecule has 0 radical (unpaired) electrons. The minimum atomic E-state index is -4.09.